The number of carboxylic acid groups (broad SMARTS) is 1. The number of likely N-dealkylation sites (tertiary alicyclic amines) is 1. The molecule has 0 aromatic rings. The Bertz CT molecular complexity index is 239. The molecule has 1 saturated heterocycles. The number of carbonyl (C=O) groups is 2. The summed E-state index contributed by atoms with van der Waals surface area (Å²) in [4.78, 5) is 23.6. The predicted molar refractivity (Wildman–Crippen MR) is 59.3 cm³/mol. The molecule has 0 aliphatic carbocycles. The Balaban J connectivity index is 1.93. The molecule has 3 N–H and O–H groups in total. The lowest BCUT2D eigenvalue weighted by Gasteiger charge is -2.14. The molecule has 0 aromatic carbocycles. The number of carboxylic acids is 1. The standard InChI is InChI=1S/C10H19N3O3/c14-9(15)8-12-10(16)11-4-3-7-13-5-1-2-6-13/h1-8H2,(H,14,15)(H2,11,12,16). The van der Waals surface area contributed by atoms with E-state index in [2.05, 4.69) is 15.5 Å². The molecule has 1 aliphatic rings. The highest BCUT2D eigenvalue weighted by Gasteiger charge is 2.10. The molecule has 92 valence electrons. The lowest BCUT2D eigenvalue weighted by Crippen LogP contribution is -2.39. The largest absolute Gasteiger partial charge is 0.480 e. The van der Waals surface area contributed by atoms with Crippen LogP contribution < -0.4 is 10.6 Å². The average Bonchev–Trinajstić information content (AvgIpc) is 2.74. The van der Waals surface area contributed by atoms with E-state index < -0.39 is 12.0 Å². The van der Waals surface area contributed by atoms with Gasteiger partial charge in [0.2, 0.25) is 0 Å². The van der Waals surface area contributed by atoms with Crippen molar-refractivity contribution >= 4 is 12.0 Å². The minimum Gasteiger partial charge on any atom is -0.480 e. The van der Waals surface area contributed by atoms with Gasteiger partial charge in [0.1, 0.15) is 6.54 Å². The maximum Gasteiger partial charge on any atom is 0.323 e. The third-order valence-electron chi connectivity index (χ3n) is 2.54. The van der Waals surface area contributed by atoms with Gasteiger partial charge in [-0.1, -0.05) is 0 Å². The fraction of sp³-hybridized carbons (Fsp3) is 0.800. The van der Waals surface area contributed by atoms with Crippen molar-refractivity contribution in [2.45, 2.75) is 19.3 Å². The van der Waals surface area contributed by atoms with Gasteiger partial charge in [-0.25, -0.2) is 4.79 Å². The zero-order valence-corrected chi connectivity index (χ0v) is 9.37. The molecular weight excluding hydrogens is 210 g/mol. The zero-order valence-electron chi connectivity index (χ0n) is 9.37. The van der Waals surface area contributed by atoms with Crippen LogP contribution >= 0.6 is 0 Å². The summed E-state index contributed by atoms with van der Waals surface area (Å²) in [6, 6.07) is -0.413. The molecule has 0 saturated carbocycles. The second-order valence-corrected chi connectivity index (χ2v) is 3.91. The maximum atomic E-state index is 11.0. The number of hydrogen-bond donors (Lipinski definition) is 3. The van der Waals surface area contributed by atoms with Crippen LogP contribution in [0.5, 0.6) is 0 Å². The Kier molecular flexibility index (Phi) is 5.63. The molecule has 0 radical (unpaired) electrons. The lowest BCUT2D eigenvalue weighted by molar-refractivity contribution is -0.135. The Hall–Kier alpha value is -1.30. The van der Waals surface area contributed by atoms with Crippen molar-refractivity contribution in [3.63, 3.8) is 0 Å². The molecule has 0 bridgehead atoms. The van der Waals surface area contributed by atoms with Crippen molar-refractivity contribution in [2.75, 3.05) is 32.7 Å². The lowest BCUT2D eigenvalue weighted by atomic mass is 10.4. The molecule has 1 heterocycles. The van der Waals surface area contributed by atoms with Gasteiger partial charge in [-0.15, -0.1) is 0 Å². The minimum absolute atomic E-state index is 0.335. The monoisotopic (exact) mass is 229 g/mol. The van der Waals surface area contributed by atoms with Crippen LogP contribution in [0.15, 0.2) is 0 Å². The SMILES string of the molecule is O=C(O)CNC(=O)NCCCN1CCCC1. The molecule has 1 rings (SSSR count). The fourth-order valence-electron chi connectivity index (χ4n) is 1.73. The molecule has 0 atom stereocenters. The first-order chi connectivity index (χ1) is 7.68. The summed E-state index contributed by atoms with van der Waals surface area (Å²) in [5.74, 6) is -1.03. The molecule has 0 aromatic heterocycles. The normalized spacial score (nSPS) is 16.0. The summed E-state index contributed by atoms with van der Waals surface area (Å²) in [5.41, 5.74) is 0. The summed E-state index contributed by atoms with van der Waals surface area (Å²) in [5, 5.41) is 13.2. The van der Waals surface area contributed by atoms with Crippen LogP contribution in [0.25, 0.3) is 0 Å². The fourth-order valence-corrected chi connectivity index (χ4v) is 1.73. The Morgan fingerprint density at radius 3 is 2.50 bits per heavy atom. The maximum absolute atomic E-state index is 11.0. The van der Waals surface area contributed by atoms with Crippen molar-refractivity contribution in [3.8, 4) is 0 Å². The molecule has 0 spiro atoms. The van der Waals surface area contributed by atoms with Crippen molar-refractivity contribution in [1.82, 2.24) is 15.5 Å². The van der Waals surface area contributed by atoms with Gasteiger partial charge in [0, 0.05) is 6.54 Å². The number of rotatable bonds is 6. The van der Waals surface area contributed by atoms with Crippen LogP contribution in [-0.4, -0.2) is 54.7 Å². The third-order valence-corrected chi connectivity index (χ3v) is 2.54. The van der Waals surface area contributed by atoms with Gasteiger partial charge in [-0.3, -0.25) is 4.79 Å². The van der Waals surface area contributed by atoms with Crippen LogP contribution in [0.2, 0.25) is 0 Å². The first kappa shape index (κ1) is 12.8. The van der Waals surface area contributed by atoms with E-state index in [0.717, 1.165) is 26.1 Å². The van der Waals surface area contributed by atoms with Crippen LogP contribution in [-0.2, 0) is 4.79 Å². The van der Waals surface area contributed by atoms with Crippen LogP contribution in [0.3, 0.4) is 0 Å². The number of nitrogens with one attached hydrogen (secondary N) is 2. The topological polar surface area (TPSA) is 81.7 Å². The third kappa shape index (κ3) is 5.55. The first-order valence-electron chi connectivity index (χ1n) is 5.64. The van der Waals surface area contributed by atoms with Gasteiger partial charge < -0.3 is 20.6 Å². The second kappa shape index (κ2) is 7.05. The van der Waals surface area contributed by atoms with Crippen molar-refractivity contribution in [1.29, 1.82) is 0 Å². The Morgan fingerprint density at radius 2 is 1.88 bits per heavy atom. The summed E-state index contributed by atoms with van der Waals surface area (Å²) >= 11 is 0. The zero-order chi connectivity index (χ0) is 11.8. The highest BCUT2D eigenvalue weighted by molar-refractivity contribution is 5.79. The quantitative estimate of drug-likeness (QED) is 0.553. The number of carbonyl (C=O) groups excluding carboxylic acids is 1. The van der Waals surface area contributed by atoms with E-state index in [-0.39, 0.29) is 6.54 Å². The van der Waals surface area contributed by atoms with Crippen LogP contribution in [0.1, 0.15) is 19.3 Å². The van der Waals surface area contributed by atoms with Gasteiger partial charge in [-0.2, -0.15) is 0 Å². The first-order valence-corrected chi connectivity index (χ1v) is 5.64. The number of aliphatic carboxylic acids is 1. The number of amides is 2. The number of nitrogens with zero attached hydrogens (tertiary/aromatic N) is 1. The highest BCUT2D eigenvalue weighted by Crippen LogP contribution is 2.06. The Morgan fingerprint density at radius 1 is 1.19 bits per heavy atom. The van der Waals surface area contributed by atoms with Crippen molar-refractivity contribution in [2.24, 2.45) is 0 Å². The van der Waals surface area contributed by atoms with Crippen LogP contribution in [0.4, 0.5) is 4.79 Å². The average molecular weight is 229 g/mol. The Labute approximate surface area is 95.0 Å². The molecule has 6 heteroatoms. The van der Waals surface area contributed by atoms with E-state index in [4.69, 9.17) is 5.11 Å². The molecule has 16 heavy (non-hydrogen) atoms. The molecule has 1 fully saturated rings. The van der Waals surface area contributed by atoms with E-state index in [9.17, 15) is 9.59 Å². The molecule has 2 amide bonds. The number of urea groups is 1. The van der Waals surface area contributed by atoms with Crippen molar-refractivity contribution < 1.29 is 14.7 Å². The summed E-state index contributed by atoms with van der Waals surface area (Å²) < 4.78 is 0. The summed E-state index contributed by atoms with van der Waals surface area (Å²) in [6.07, 6.45) is 3.44. The van der Waals surface area contributed by atoms with Gasteiger partial charge in [0.25, 0.3) is 0 Å². The summed E-state index contributed by atoms with van der Waals surface area (Å²) in [7, 11) is 0. The van der Waals surface area contributed by atoms with Crippen molar-refractivity contribution in [3.05, 3.63) is 0 Å². The van der Waals surface area contributed by atoms with E-state index >= 15 is 0 Å². The van der Waals surface area contributed by atoms with Crippen LogP contribution in [0, 0.1) is 0 Å². The minimum atomic E-state index is -1.03. The van der Waals surface area contributed by atoms with Gasteiger partial charge in [-0.05, 0) is 38.9 Å². The van der Waals surface area contributed by atoms with E-state index in [1.54, 1.807) is 0 Å². The van der Waals surface area contributed by atoms with E-state index in [1.807, 2.05) is 0 Å². The highest BCUT2D eigenvalue weighted by atomic mass is 16.4. The molecular formula is C10H19N3O3. The van der Waals surface area contributed by atoms with Gasteiger partial charge in [0.15, 0.2) is 0 Å². The molecule has 6 nitrogen and oxygen atoms in total. The summed E-state index contributed by atoms with van der Waals surface area (Å²) in [6.45, 7) is 3.57. The second-order valence-electron chi connectivity index (χ2n) is 3.91. The molecule has 1 aliphatic heterocycles. The molecule has 0 unspecified atom stereocenters. The van der Waals surface area contributed by atoms with Gasteiger partial charge in [0.05, 0.1) is 0 Å². The predicted octanol–water partition coefficient (Wildman–Crippen LogP) is -0.144. The van der Waals surface area contributed by atoms with E-state index in [0.29, 0.717) is 6.54 Å². The van der Waals surface area contributed by atoms with E-state index in [1.165, 1.54) is 12.8 Å². The van der Waals surface area contributed by atoms with Gasteiger partial charge >= 0.3 is 12.0 Å². The smallest absolute Gasteiger partial charge is 0.323 e. The number of hydrogen-bond acceptors (Lipinski definition) is 3.